The van der Waals surface area contributed by atoms with E-state index in [-0.39, 0.29) is 16.0 Å². The lowest BCUT2D eigenvalue weighted by atomic mass is 10.1. The molecule has 0 saturated carbocycles. The van der Waals surface area contributed by atoms with Crippen molar-refractivity contribution in [2.75, 3.05) is 11.9 Å². The summed E-state index contributed by atoms with van der Waals surface area (Å²) >= 11 is 1.08. The van der Waals surface area contributed by atoms with Crippen LogP contribution in [-0.2, 0) is 16.4 Å². The number of nitrogens with two attached hydrogens (primary N) is 1. The first-order valence-electron chi connectivity index (χ1n) is 7.03. The number of nitrogens with one attached hydrogen (secondary N) is 2. The number of rotatable bonds is 6. The van der Waals surface area contributed by atoms with Crippen molar-refractivity contribution in [3.05, 3.63) is 46.8 Å². The average Bonchev–Trinajstić information content (AvgIpc) is 2.97. The zero-order valence-electron chi connectivity index (χ0n) is 12.9. The van der Waals surface area contributed by atoms with Crippen LogP contribution in [0.25, 0.3) is 0 Å². The number of hydrogen-bond acceptors (Lipinski definition) is 5. The molecule has 0 aliphatic heterocycles. The van der Waals surface area contributed by atoms with E-state index in [1.807, 2.05) is 0 Å². The first kappa shape index (κ1) is 18.1. The van der Waals surface area contributed by atoms with Gasteiger partial charge in [-0.3, -0.25) is 4.79 Å². The highest BCUT2D eigenvalue weighted by Gasteiger charge is 2.11. The van der Waals surface area contributed by atoms with Gasteiger partial charge in [0.05, 0.1) is 0 Å². The molecule has 0 aliphatic carbocycles. The van der Waals surface area contributed by atoms with Gasteiger partial charge < -0.3 is 10.6 Å². The van der Waals surface area contributed by atoms with E-state index in [9.17, 15) is 18.0 Å². The number of amides is 2. The summed E-state index contributed by atoms with van der Waals surface area (Å²) in [4.78, 5) is 23.8. The van der Waals surface area contributed by atoms with Gasteiger partial charge in [-0.25, -0.2) is 18.4 Å². The molecule has 1 heterocycles. The fourth-order valence-electron chi connectivity index (χ4n) is 1.91. The predicted molar refractivity (Wildman–Crippen MR) is 92.9 cm³/mol. The Hall–Kier alpha value is -2.23. The predicted octanol–water partition coefficient (Wildman–Crippen LogP) is 1.96. The average molecular weight is 367 g/mol. The first-order valence-corrected chi connectivity index (χ1v) is 9.39. The topological polar surface area (TPSA) is 118 Å². The molecule has 0 bridgehead atoms. The molecule has 1 aromatic carbocycles. The Bertz CT molecular complexity index is 842. The number of Topliss-reactive ketones (excluding diaryl/α,β-unsaturated/α-hetero) is 1. The van der Waals surface area contributed by atoms with Gasteiger partial charge in [-0.2, -0.15) is 0 Å². The van der Waals surface area contributed by atoms with Crippen LogP contribution in [-0.4, -0.2) is 26.8 Å². The van der Waals surface area contributed by atoms with Gasteiger partial charge in [-0.05, 0) is 49.7 Å². The van der Waals surface area contributed by atoms with Crippen molar-refractivity contribution in [3.8, 4) is 0 Å². The van der Waals surface area contributed by atoms with Gasteiger partial charge in [-0.1, -0.05) is 0 Å². The molecule has 2 amide bonds. The Labute approximate surface area is 143 Å². The smallest absolute Gasteiger partial charge is 0.319 e. The van der Waals surface area contributed by atoms with E-state index < -0.39 is 10.0 Å². The number of hydrogen-bond donors (Lipinski definition) is 3. The summed E-state index contributed by atoms with van der Waals surface area (Å²) in [5.74, 6) is -0.0409. The molecule has 2 rings (SSSR count). The molecule has 7 nitrogen and oxygen atoms in total. The third kappa shape index (κ3) is 5.15. The third-order valence-corrected chi connectivity index (χ3v) is 5.71. The van der Waals surface area contributed by atoms with Crippen molar-refractivity contribution in [1.82, 2.24) is 5.32 Å². The van der Waals surface area contributed by atoms with Gasteiger partial charge in [0, 0.05) is 22.7 Å². The largest absolute Gasteiger partial charge is 0.338 e. The van der Waals surface area contributed by atoms with Crippen molar-refractivity contribution in [3.63, 3.8) is 0 Å². The van der Waals surface area contributed by atoms with Crippen molar-refractivity contribution in [2.24, 2.45) is 5.14 Å². The van der Waals surface area contributed by atoms with Crippen LogP contribution in [0.15, 0.2) is 40.6 Å². The maximum atomic E-state index is 11.8. The second kappa shape index (κ2) is 7.56. The monoisotopic (exact) mass is 367 g/mol. The van der Waals surface area contributed by atoms with Crippen LogP contribution in [0.4, 0.5) is 10.5 Å². The van der Waals surface area contributed by atoms with Crippen LogP contribution in [0, 0.1) is 0 Å². The quantitative estimate of drug-likeness (QED) is 0.676. The summed E-state index contributed by atoms with van der Waals surface area (Å²) in [6, 6.07) is 9.31. The molecule has 0 fully saturated rings. The van der Waals surface area contributed by atoms with Gasteiger partial charge in [0.15, 0.2) is 5.78 Å². The Balaban J connectivity index is 1.81. The van der Waals surface area contributed by atoms with Crippen LogP contribution >= 0.6 is 11.3 Å². The lowest BCUT2D eigenvalue weighted by molar-refractivity contribution is 0.101. The molecular formula is C15H17N3O4S2. The highest BCUT2D eigenvalue weighted by atomic mass is 32.2. The summed E-state index contributed by atoms with van der Waals surface area (Å²) in [5, 5.41) is 10.4. The number of carbonyl (C=O) groups is 2. The van der Waals surface area contributed by atoms with Gasteiger partial charge >= 0.3 is 6.03 Å². The summed E-state index contributed by atoms with van der Waals surface area (Å²) in [5.41, 5.74) is 1.15. The molecule has 4 N–H and O–H groups in total. The number of primary sulfonamides is 1. The number of thiophene rings is 1. The van der Waals surface area contributed by atoms with E-state index in [4.69, 9.17) is 5.14 Å². The lowest BCUT2D eigenvalue weighted by Gasteiger charge is -2.07. The minimum absolute atomic E-state index is 0.0409. The SMILES string of the molecule is CC(=O)c1ccc(NC(=O)NCCc2ccc(S(N)(=O)=O)s2)cc1. The molecule has 0 spiro atoms. The molecule has 2 aromatic rings. The van der Waals surface area contributed by atoms with Crippen molar-refractivity contribution < 1.29 is 18.0 Å². The first-order chi connectivity index (χ1) is 11.3. The molecule has 0 unspecified atom stereocenters. The van der Waals surface area contributed by atoms with Crippen molar-refractivity contribution in [2.45, 2.75) is 17.6 Å². The molecule has 0 atom stereocenters. The number of anilines is 1. The van der Waals surface area contributed by atoms with E-state index in [0.29, 0.717) is 24.2 Å². The standard InChI is InChI=1S/C15H17N3O4S2/c1-10(19)11-2-4-12(5-3-11)18-15(20)17-9-8-13-6-7-14(23-13)24(16,21)22/h2-7H,8-9H2,1H3,(H2,16,21,22)(H2,17,18,20). The number of sulfonamides is 1. The molecule has 0 saturated heterocycles. The minimum Gasteiger partial charge on any atom is -0.338 e. The third-order valence-electron chi connectivity index (χ3n) is 3.12. The van der Waals surface area contributed by atoms with Gasteiger partial charge in [0.2, 0.25) is 10.0 Å². The van der Waals surface area contributed by atoms with E-state index in [1.54, 1.807) is 30.3 Å². The van der Waals surface area contributed by atoms with Crippen LogP contribution in [0.5, 0.6) is 0 Å². The van der Waals surface area contributed by atoms with E-state index in [0.717, 1.165) is 16.2 Å². The Kier molecular flexibility index (Phi) is 5.71. The summed E-state index contributed by atoms with van der Waals surface area (Å²) in [7, 11) is -3.68. The van der Waals surface area contributed by atoms with E-state index in [1.165, 1.54) is 13.0 Å². The van der Waals surface area contributed by atoms with Crippen LogP contribution in [0.1, 0.15) is 22.2 Å². The number of ketones is 1. The van der Waals surface area contributed by atoms with Gasteiger partial charge in [0.1, 0.15) is 4.21 Å². The number of carbonyl (C=O) groups excluding carboxylic acids is 2. The van der Waals surface area contributed by atoms with Crippen LogP contribution in [0.2, 0.25) is 0 Å². The highest BCUT2D eigenvalue weighted by Crippen LogP contribution is 2.20. The van der Waals surface area contributed by atoms with Gasteiger partial charge in [-0.15, -0.1) is 11.3 Å². The maximum absolute atomic E-state index is 11.8. The molecule has 1 aromatic heterocycles. The Morgan fingerprint density at radius 3 is 2.33 bits per heavy atom. The van der Waals surface area contributed by atoms with Crippen molar-refractivity contribution in [1.29, 1.82) is 0 Å². The van der Waals surface area contributed by atoms with E-state index >= 15 is 0 Å². The molecular weight excluding hydrogens is 350 g/mol. The fraction of sp³-hybridized carbons (Fsp3) is 0.200. The molecule has 128 valence electrons. The minimum atomic E-state index is -3.68. The number of urea groups is 1. The summed E-state index contributed by atoms with van der Waals surface area (Å²) < 4.78 is 22.5. The molecule has 0 aliphatic rings. The Morgan fingerprint density at radius 2 is 1.79 bits per heavy atom. The second-order valence-corrected chi connectivity index (χ2v) is 7.99. The van der Waals surface area contributed by atoms with Crippen LogP contribution < -0.4 is 15.8 Å². The zero-order valence-corrected chi connectivity index (χ0v) is 14.5. The van der Waals surface area contributed by atoms with Gasteiger partial charge in [0.25, 0.3) is 0 Å². The molecule has 0 radical (unpaired) electrons. The second-order valence-electron chi connectivity index (χ2n) is 5.03. The highest BCUT2D eigenvalue weighted by molar-refractivity contribution is 7.91. The Morgan fingerprint density at radius 1 is 1.12 bits per heavy atom. The molecule has 9 heteroatoms. The summed E-state index contributed by atoms with van der Waals surface area (Å²) in [6.45, 7) is 1.82. The molecule has 24 heavy (non-hydrogen) atoms. The lowest BCUT2D eigenvalue weighted by Crippen LogP contribution is -2.30. The summed E-state index contributed by atoms with van der Waals surface area (Å²) in [6.07, 6.45) is 0.497. The fourth-order valence-corrected chi connectivity index (χ4v) is 3.69. The van der Waals surface area contributed by atoms with E-state index in [2.05, 4.69) is 10.6 Å². The van der Waals surface area contributed by atoms with Crippen molar-refractivity contribution >= 4 is 38.9 Å². The maximum Gasteiger partial charge on any atom is 0.319 e. The zero-order chi connectivity index (χ0) is 17.7. The van der Waals surface area contributed by atoms with Crippen LogP contribution in [0.3, 0.4) is 0 Å². The normalized spacial score (nSPS) is 11.1. The number of benzene rings is 1.